The molecular formula is C19H24N4OS. The highest BCUT2D eigenvalue weighted by Crippen LogP contribution is 2.28. The van der Waals surface area contributed by atoms with E-state index in [2.05, 4.69) is 43.1 Å². The Bertz CT molecular complexity index is 844. The van der Waals surface area contributed by atoms with Crippen molar-refractivity contribution in [3.8, 4) is 0 Å². The van der Waals surface area contributed by atoms with Gasteiger partial charge < -0.3 is 10.3 Å². The van der Waals surface area contributed by atoms with Crippen molar-refractivity contribution in [2.75, 3.05) is 16.6 Å². The second-order valence-electron chi connectivity index (χ2n) is 6.54. The van der Waals surface area contributed by atoms with Crippen LogP contribution in [0.3, 0.4) is 0 Å². The van der Waals surface area contributed by atoms with Crippen molar-refractivity contribution in [1.29, 1.82) is 0 Å². The zero-order valence-corrected chi connectivity index (χ0v) is 15.6. The first-order chi connectivity index (χ1) is 12.0. The third-order valence-electron chi connectivity index (χ3n) is 4.13. The molecule has 0 amide bonds. The molecule has 3 aromatic rings. The van der Waals surface area contributed by atoms with E-state index in [1.54, 1.807) is 0 Å². The van der Waals surface area contributed by atoms with E-state index in [9.17, 15) is 4.55 Å². The number of nitrogens with zero attached hydrogens (tertiary/aromatic N) is 2. The van der Waals surface area contributed by atoms with Gasteiger partial charge in [-0.3, -0.25) is 5.10 Å². The number of hydrogen-bond acceptors (Lipinski definition) is 4. The molecule has 132 valence electrons. The quantitative estimate of drug-likeness (QED) is 0.657. The lowest BCUT2D eigenvalue weighted by Gasteiger charge is -2.27. The summed E-state index contributed by atoms with van der Waals surface area (Å²) >= 11 is -1.31. The fraction of sp³-hybridized carbons (Fsp3) is 0.316. The van der Waals surface area contributed by atoms with E-state index in [1.807, 2.05) is 34.6 Å². The molecule has 6 heteroatoms. The van der Waals surface area contributed by atoms with Crippen LogP contribution in [0.4, 0.5) is 11.5 Å². The summed E-state index contributed by atoms with van der Waals surface area (Å²) in [6.45, 7) is 7.09. The monoisotopic (exact) mass is 356 g/mol. The van der Waals surface area contributed by atoms with E-state index in [0.29, 0.717) is 18.3 Å². The van der Waals surface area contributed by atoms with Crippen LogP contribution in [-0.4, -0.2) is 21.3 Å². The molecule has 0 saturated heterocycles. The Labute approximate surface area is 151 Å². The van der Waals surface area contributed by atoms with Crippen LogP contribution in [0.1, 0.15) is 26.3 Å². The molecule has 0 aliphatic heterocycles. The highest BCUT2D eigenvalue weighted by molar-refractivity contribution is 7.92. The maximum Gasteiger partial charge on any atom is 0.181 e. The Hall–Kier alpha value is -2.18. The highest BCUT2D eigenvalue weighted by atomic mass is 32.2. The molecule has 25 heavy (non-hydrogen) atoms. The van der Waals surface area contributed by atoms with Gasteiger partial charge in [0.1, 0.15) is 11.4 Å². The van der Waals surface area contributed by atoms with Crippen molar-refractivity contribution < 1.29 is 4.55 Å². The second kappa shape index (κ2) is 7.37. The molecule has 0 aliphatic rings. The maximum absolute atomic E-state index is 13.3. The summed E-state index contributed by atoms with van der Waals surface area (Å²) in [6, 6.07) is 13.9. The van der Waals surface area contributed by atoms with Crippen LogP contribution in [0.25, 0.3) is 10.9 Å². The maximum atomic E-state index is 13.3. The third kappa shape index (κ3) is 3.75. The van der Waals surface area contributed by atoms with E-state index in [-0.39, 0.29) is 0 Å². The van der Waals surface area contributed by atoms with Crippen LogP contribution in [-0.2, 0) is 17.8 Å². The van der Waals surface area contributed by atoms with Crippen molar-refractivity contribution in [3.05, 3.63) is 48.0 Å². The SMILES string of the molecule is CCc1ccc(N(CC(C)C)[S+]([O-])c2ccc3[nH]nc(N)c3c2)cc1. The number of hydrogen-bond donors (Lipinski definition) is 2. The first kappa shape index (κ1) is 17.6. The number of aromatic amines is 1. The van der Waals surface area contributed by atoms with Crippen LogP contribution in [0.2, 0.25) is 0 Å². The number of aryl methyl sites for hydroxylation is 1. The lowest BCUT2D eigenvalue weighted by atomic mass is 10.1. The molecule has 5 nitrogen and oxygen atoms in total. The topological polar surface area (TPSA) is 81.0 Å². The van der Waals surface area contributed by atoms with Gasteiger partial charge in [-0.25, -0.2) is 0 Å². The molecule has 1 heterocycles. The van der Waals surface area contributed by atoms with E-state index >= 15 is 0 Å². The largest absolute Gasteiger partial charge is 0.588 e. The minimum Gasteiger partial charge on any atom is -0.588 e. The van der Waals surface area contributed by atoms with Crippen molar-refractivity contribution in [2.45, 2.75) is 32.1 Å². The molecule has 3 N–H and O–H groups in total. The molecule has 1 unspecified atom stereocenters. The minimum absolute atomic E-state index is 0.387. The number of nitrogens with one attached hydrogen (secondary N) is 1. The Kier molecular flexibility index (Phi) is 5.20. The van der Waals surface area contributed by atoms with Gasteiger partial charge in [0, 0.05) is 11.5 Å². The third-order valence-corrected chi connectivity index (χ3v) is 5.55. The van der Waals surface area contributed by atoms with Gasteiger partial charge in [0.2, 0.25) is 0 Å². The summed E-state index contributed by atoms with van der Waals surface area (Å²) in [5, 5.41) is 7.68. The molecule has 2 aromatic carbocycles. The molecule has 0 fully saturated rings. The number of nitrogens with two attached hydrogens (primary N) is 1. The lowest BCUT2D eigenvalue weighted by Crippen LogP contribution is -2.34. The standard InChI is InChI=1S/C19H24N4OS/c1-4-14-5-7-15(8-6-14)23(12-13(2)3)25(24)16-9-10-18-17(11-16)19(20)22-21-18/h5-11,13H,4,12H2,1-3H3,(H3,20,21,22). The summed E-state index contributed by atoms with van der Waals surface area (Å²) in [6.07, 6.45) is 0.990. The predicted molar refractivity (Wildman–Crippen MR) is 105 cm³/mol. The van der Waals surface area contributed by atoms with Gasteiger partial charge in [-0.15, -0.1) is 0 Å². The van der Waals surface area contributed by atoms with Gasteiger partial charge in [0.05, 0.1) is 17.7 Å². The van der Waals surface area contributed by atoms with E-state index in [4.69, 9.17) is 5.73 Å². The number of rotatable bonds is 6. The number of benzene rings is 2. The number of H-pyrrole nitrogens is 1. The molecule has 1 aromatic heterocycles. The van der Waals surface area contributed by atoms with Crippen LogP contribution < -0.4 is 10.0 Å². The fourth-order valence-electron chi connectivity index (χ4n) is 2.75. The van der Waals surface area contributed by atoms with Crippen LogP contribution >= 0.6 is 0 Å². The Morgan fingerprint density at radius 1 is 1.20 bits per heavy atom. The van der Waals surface area contributed by atoms with Crippen LogP contribution in [0.15, 0.2) is 47.4 Å². The smallest absolute Gasteiger partial charge is 0.181 e. The van der Waals surface area contributed by atoms with Gasteiger partial charge in [-0.1, -0.05) is 32.9 Å². The van der Waals surface area contributed by atoms with E-state index < -0.39 is 11.4 Å². The summed E-state index contributed by atoms with van der Waals surface area (Å²) in [5.41, 5.74) is 8.97. The lowest BCUT2D eigenvalue weighted by molar-refractivity contribution is 0.577. The molecule has 0 aliphatic carbocycles. The van der Waals surface area contributed by atoms with Crippen molar-refractivity contribution in [1.82, 2.24) is 10.2 Å². The molecule has 0 radical (unpaired) electrons. The van der Waals surface area contributed by atoms with Gasteiger partial charge in [0.25, 0.3) is 0 Å². The summed E-state index contributed by atoms with van der Waals surface area (Å²) in [7, 11) is 0. The zero-order chi connectivity index (χ0) is 18.0. The Morgan fingerprint density at radius 2 is 1.92 bits per heavy atom. The summed E-state index contributed by atoms with van der Waals surface area (Å²) in [5.74, 6) is 0.814. The first-order valence-electron chi connectivity index (χ1n) is 8.51. The number of aromatic nitrogens is 2. The molecule has 0 spiro atoms. The average molecular weight is 356 g/mol. The number of anilines is 2. The molecule has 1 atom stereocenters. The zero-order valence-electron chi connectivity index (χ0n) is 14.8. The number of fused-ring (bicyclic) bond motifs is 1. The van der Waals surface area contributed by atoms with Crippen molar-refractivity contribution in [3.63, 3.8) is 0 Å². The van der Waals surface area contributed by atoms with Crippen molar-refractivity contribution in [2.24, 2.45) is 5.92 Å². The molecule has 0 saturated carbocycles. The summed E-state index contributed by atoms with van der Waals surface area (Å²) in [4.78, 5) is 0.723. The van der Waals surface area contributed by atoms with Crippen molar-refractivity contribution >= 4 is 33.8 Å². The molecule has 0 bridgehead atoms. The van der Waals surface area contributed by atoms with E-state index in [0.717, 1.165) is 27.9 Å². The highest BCUT2D eigenvalue weighted by Gasteiger charge is 2.25. The Morgan fingerprint density at radius 3 is 2.56 bits per heavy atom. The van der Waals surface area contributed by atoms with Gasteiger partial charge in [-0.05, 0) is 42.2 Å². The van der Waals surface area contributed by atoms with Crippen LogP contribution in [0, 0.1) is 5.92 Å². The van der Waals surface area contributed by atoms with E-state index in [1.165, 1.54) is 5.56 Å². The minimum atomic E-state index is -1.31. The predicted octanol–water partition coefficient (Wildman–Crippen LogP) is 3.89. The molecule has 3 rings (SSSR count). The van der Waals surface area contributed by atoms with Crippen LogP contribution in [0.5, 0.6) is 0 Å². The number of nitrogen functional groups attached to an aromatic ring is 1. The van der Waals surface area contributed by atoms with Gasteiger partial charge >= 0.3 is 0 Å². The second-order valence-corrected chi connectivity index (χ2v) is 7.95. The fourth-order valence-corrected chi connectivity index (χ4v) is 4.15. The van der Waals surface area contributed by atoms with Gasteiger partial charge in [0.15, 0.2) is 10.7 Å². The normalized spacial score (nSPS) is 12.7. The average Bonchev–Trinajstić information content (AvgIpc) is 2.99. The molecular weight excluding hydrogens is 332 g/mol. The Balaban J connectivity index is 1.96. The van der Waals surface area contributed by atoms with Gasteiger partial charge in [-0.2, -0.15) is 9.40 Å². The first-order valence-corrected chi connectivity index (χ1v) is 9.62. The summed E-state index contributed by atoms with van der Waals surface area (Å²) < 4.78 is 15.2.